The maximum Gasteiger partial charge on any atom is 0.00208 e. The van der Waals surface area contributed by atoms with Gasteiger partial charge in [0.05, 0.1) is 0 Å². The zero-order valence-electron chi connectivity index (χ0n) is 7.10. The minimum absolute atomic E-state index is 1.09. The maximum atomic E-state index is 3.55. The Morgan fingerprint density at radius 3 is 2.73 bits per heavy atom. The van der Waals surface area contributed by atoms with Crippen LogP contribution in [0.15, 0.2) is 22.2 Å². The van der Waals surface area contributed by atoms with Gasteiger partial charge in [0.1, 0.15) is 0 Å². The summed E-state index contributed by atoms with van der Waals surface area (Å²) in [7, 11) is 4.21. The van der Waals surface area contributed by atoms with Gasteiger partial charge in [-0.1, -0.05) is 28.1 Å². The van der Waals surface area contributed by atoms with Crippen LogP contribution in [-0.4, -0.2) is 25.5 Å². The quantitative estimate of drug-likeness (QED) is 0.700. The standard InChI is InChI=1S/C9H14BrN/c1-11(2)7-6-8-4-3-5-9(8)10/h3-4H,5-7H2,1-2H3. The van der Waals surface area contributed by atoms with Crippen LogP contribution in [0.5, 0.6) is 0 Å². The molecule has 0 spiro atoms. The highest BCUT2D eigenvalue weighted by molar-refractivity contribution is 9.11. The van der Waals surface area contributed by atoms with Gasteiger partial charge in [0.25, 0.3) is 0 Å². The lowest BCUT2D eigenvalue weighted by atomic mass is 10.2. The molecule has 0 aromatic rings. The highest BCUT2D eigenvalue weighted by Crippen LogP contribution is 2.26. The Morgan fingerprint density at radius 1 is 1.55 bits per heavy atom. The van der Waals surface area contributed by atoms with Crippen LogP contribution in [0.3, 0.4) is 0 Å². The van der Waals surface area contributed by atoms with Gasteiger partial charge < -0.3 is 4.90 Å². The maximum absolute atomic E-state index is 3.55. The fourth-order valence-corrected chi connectivity index (χ4v) is 1.61. The van der Waals surface area contributed by atoms with Gasteiger partial charge >= 0.3 is 0 Å². The molecule has 0 aromatic heterocycles. The first-order chi connectivity index (χ1) is 5.20. The molecule has 62 valence electrons. The number of allylic oxidation sites excluding steroid dienone is 3. The van der Waals surface area contributed by atoms with E-state index in [4.69, 9.17) is 0 Å². The van der Waals surface area contributed by atoms with Crippen LogP contribution in [0.1, 0.15) is 12.8 Å². The van der Waals surface area contributed by atoms with Crippen molar-refractivity contribution in [2.24, 2.45) is 0 Å². The molecule has 1 aliphatic carbocycles. The molecule has 0 heterocycles. The average Bonchev–Trinajstić information content (AvgIpc) is 2.31. The third-order valence-corrected chi connectivity index (χ3v) is 2.63. The van der Waals surface area contributed by atoms with Gasteiger partial charge in [0, 0.05) is 11.0 Å². The monoisotopic (exact) mass is 215 g/mol. The molecule has 1 nitrogen and oxygen atoms in total. The molecule has 2 heteroatoms. The van der Waals surface area contributed by atoms with Crippen LogP contribution in [0, 0.1) is 0 Å². The number of rotatable bonds is 3. The summed E-state index contributed by atoms with van der Waals surface area (Å²) >= 11 is 3.55. The van der Waals surface area contributed by atoms with E-state index in [0.29, 0.717) is 0 Å². The van der Waals surface area contributed by atoms with Gasteiger partial charge in [-0.3, -0.25) is 0 Å². The molecular weight excluding hydrogens is 202 g/mol. The second-order valence-corrected chi connectivity index (χ2v) is 4.05. The highest BCUT2D eigenvalue weighted by Gasteiger charge is 2.05. The SMILES string of the molecule is CN(C)CCC1=C(Br)CC=C1. The normalized spacial score (nSPS) is 17.1. The Hall–Kier alpha value is -0.0800. The first-order valence-corrected chi connectivity index (χ1v) is 4.68. The fraction of sp³-hybridized carbons (Fsp3) is 0.556. The topological polar surface area (TPSA) is 3.24 Å². The summed E-state index contributed by atoms with van der Waals surface area (Å²) in [5, 5.41) is 0. The molecule has 0 unspecified atom stereocenters. The van der Waals surface area contributed by atoms with Crippen LogP contribution in [0.4, 0.5) is 0 Å². The molecular formula is C9H14BrN. The Kier molecular flexibility index (Phi) is 3.34. The molecule has 0 saturated carbocycles. The van der Waals surface area contributed by atoms with E-state index in [1.54, 1.807) is 0 Å². The van der Waals surface area contributed by atoms with Gasteiger partial charge in [-0.15, -0.1) is 0 Å². The Bertz CT molecular complexity index is 192. The summed E-state index contributed by atoms with van der Waals surface area (Å²) < 4.78 is 1.36. The molecule has 11 heavy (non-hydrogen) atoms. The number of nitrogens with zero attached hydrogens (tertiary/aromatic N) is 1. The van der Waals surface area contributed by atoms with Crippen LogP contribution >= 0.6 is 15.9 Å². The number of halogens is 1. The molecule has 0 atom stereocenters. The molecule has 0 saturated heterocycles. The predicted molar refractivity (Wildman–Crippen MR) is 52.9 cm³/mol. The third-order valence-electron chi connectivity index (χ3n) is 1.79. The minimum Gasteiger partial charge on any atom is -0.309 e. The van der Waals surface area contributed by atoms with Crippen LogP contribution < -0.4 is 0 Å². The summed E-state index contributed by atoms with van der Waals surface area (Å²) in [6, 6.07) is 0. The lowest BCUT2D eigenvalue weighted by molar-refractivity contribution is 0.414. The van der Waals surface area contributed by atoms with Crippen LogP contribution in [0.25, 0.3) is 0 Å². The first kappa shape index (κ1) is 9.01. The van der Waals surface area contributed by atoms with Crippen molar-refractivity contribution in [3.63, 3.8) is 0 Å². The lowest BCUT2D eigenvalue weighted by Gasteiger charge is -2.09. The molecule has 0 bridgehead atoms. The first-order valence-electron chi connectivity index (χ1n) is 3.89. The number of hydrogen-bond acceptors (Lipinski definition) is 1. The molecule has 0 amide bonds. The molecule has 0 aromatic carbocycles. The van der Waals surface area contributed by atoms with E-state index in [-0.39, 0.29) is 0 Å². The van der Waals surface area contributed by atoms with Gasteiger partial charge in [0.15, 0.2) is 0 Å². The zero-order valence-corrected chi connectivity index (χ0v) is 8.69. The Morgan fingerprint density at radius 2 is 2.27 bits per heavy atom. The van der Waals surface area contributed by atoms with Gasteiger partial charge in [-0.05, 0) is 32.5 Å². The van der Waals surface area contributed by atoms with E-state index in [0.717, 1.165) is 19.4 Å². The zero-order chi connectivity index (χ0) is 8.27. The summed E-state index contributed by atoms with van der Waals surface area (Å²) in [6.07, 6.45) is 6.66. The second kappa shape index (κ2) is 4.07. The predicted octanol–water partition coefficient (Wildman–Crippen LogP) is 2.55. The molecule has 0 fully saturated rings. The van der Waals surface area contributed by atoms with E-state index in [9.17, 15) is 0 Å². The van der Waals surface area contributed by atoms with Gasteiger partial charge in [0.2, 0.25) is 0 Å². The van der Waals surface area contributed by atoms with Crippen molar-refractivity contribution < 1.29 is 0 Å². The molecule has 0 radical (unpaired) electrons. The minimum atomic E-state index is 1.09. The highest BCUT2D eigenvalue weighted by atomic mass is 79.9. The number of hydrogen-bond donors (Lipinski definition) is 0. The van der Waals surface area contributed by atoms with Crippen LogP contribution in [-0.2, 0) is 0 Å². The van der Waals surface area contributed by atoms with Crippen molar-refractivity contribution in [3.05, 3.63) is 22.2 Å². The van der Waals surface area contributed by atoms with Crippen molar-refractivity contribution in [1.82, 2.24) is 4.90 Å². The van der Waals surface area contributed by atoms with Gasteiger partial charge in [-0.25, -0.2) is 0 Å². The van der Waals surface area contributed by atoms with Crippen LogP contribution in [0.2, 0.25) is 0 Å². The average molecular weight is 216 g/mol. The van der Waals surface area contributed by atoms with Crippen molar-refractivity contribution in [2.75, 3.05) is 20.6 Å². The van der Waals surface area contributed by atoms with E-state index < -0.39 is 0 Å². The van der Waals surface area contributed by atoms with Crippen molar-refractivity contribution in [2.45, 2.75) is 12.8 Å². The molecule has 1 aliphatic rings. The van der Waals surface area contributed by atoms with E-state index in [1.165, 1.54) is 10.1 Å². The van der Waals surface area contributed by atoms with E-state index in [2.05, 4.69) is 47.1 Å². The van der Waals surface area contributed by atoms with Crippen molar-refractivity contribution in [3.8, 4) is 0 Å². The van der Waals surface area contributed by atoms with Crippen molar-refractivity contribution >= 4 is 15.9 Å². The van der Waals surface area contributed by atoms with E-state index >= 15 is 0 Å². The summed E-state index contributed by atoms with van der Waals surface area (Å²) in [5.41, 5.74) is 1.46. The second-order valence-electron chi connectivity index (χ2n) is 3.09. The third kappa shape index (κ3) is 2.80. The van der Waals surface area contributed by atoms with Gasteiger partial charge in [-0.2, -0.15) is 0 Å². The molecule has 0 aliphatic heterocycles. The molecule has 0 N–H and O–H groups in total. The smallest absolute Gasteiger partial charge is 0.00208 e. The van der Waals surface area contributed by atoms with E-state index in [1.807, 2.05) is 0 Å². The lowest BCUT2D eigenvalue weighted by Crippen LogP contribution is -2.13. The Labute approximate surface area is 76.9 Å². The van der Waals surface area contributed by atoms with Crippen molar-refractivity contribution in [1.29, 1.82) is 0 Å². The summed E-state index contributed by atoms with van der Waals surface area (Å²) in [6.45, 7) is 1.13. The summed E-state index contributed by atoms with van der Waals surface area (Å²) in [5.74, 6) is 0. The molecule has 1 rings (SSSR count). The fourth-order valence-electron chi connectivity index (χ4n) is 1.09. The largest absolute Gasteiger partial charge is 0.309 e. The summed E-state index contributed by atoms with van der Waals surface area (Å²) in [4.78, 5) is 2.21. The Balaban J connectivity index is 2.37.